The number of rotatable bonds is 6. The van der Waals surface area contributed by atoms with Gasteiger partial charge in [-0.25, -0.2) is 13.1 Å². The van der Waals surface area contributed by atoms with Crippen LogP contribution >= 0.6 is 24.0 Å². The third kappa shape index (κ3) is 8.45. The van der Waals surface area contributed by atoms with Crippen LogP contribution in [-0.2, 0) is 10.0 Å². The van der Waals surface area contributed by atoms with Crippen LogP contribution in [0.3, 0.4) is 0 Å². The molecule has 9 nitrogen and oxygen atoms in total. The molecule has 3 N–H and O–H groups in total. The maximum absolute atomic E-state index is 12.1. The Balaban J connectivity index is 0.00000576. The van der Waals surface area contributed by atoms with Crippen LogP contribution in [0.4, 0.5) is 5.69 Å². The van der Waals surface area contributed by atoms with Crippen molar-refractivity contribution >= 4 is 45.6 Å². The van der Waals surface area contributed by atoms with Crippen molar-refractivity contribution in [1.29, 1.82) is 0 Å². The van der Waals surface area contributed by atoms with Crippen LogP contribution in [0.15, 0.2) is 34.2 Å². The molecule has 1 aromatic carbocycles. The summed E-state index contributed by atoms with van der Waals surface area (Å²) in [7, 11) is -2.19. The van der Waals surface area contributed by atoms with Gasteiger partial charge in [-0.2, -0.15) is 0 Å². The quantitative estimate of drug-likeness (QED) is 0.140. The molecule has 0 bridgehead atoms. The zero-order valence-electron chi connectivity index (χ0n) is 14.6. The molecule has 142 valence electrons. The van der Waals surface area contributed by atoms with Gasteiger partial charge in [0.25, 0.3) is 5.69 Å². The van der Waals surface area contributed by atoms with Crippen molar-refractivity contribution in [3.05, 3.63) is 34.4 Å². The van der Waals surface area contributed by atoms with Crippen molar-refractivity contribution in [2.75, 3.05) is 20.1 Å². The molecule has 0 amide bonds. The Morgan fingerprint density at radius 1 is 1.28 bits per heavy atom. The van der Waals surface area contributed by atoms with Gasteiger partial charge in [-0.15, -0.1) is 24.0 Å². The number of halogens is 1. The molecule has 0 saturated heterocycles. The Morgan fingerprint density at radius 2 is 1.92 bits per heavy atom. The number of guanidine groups is 1. The Morgan fingerprint density at radius 3 is 2.44 bits per heavy atom. The summed E-state index contributed by atoms with van der Waals surface area (Å²) in [6.07, 6.45) is 0. The number of hydrogen-bond donors (Lipinski definition) is 3. The fourth-order valence-corrected chi connectivity index (χ4v) is 2.82. The number of nitrogens with zero attached hydrogens (tertiary/aromatic N) is 2. The van der Waals surface area contributed by atoms with E-state index in [0.717, 1.165) is 6.07 Å². The molecule has 0 aliphatic heterocycles. The SMILES string of the molecule is CN=C(NCCNS(=O)(=O)c1cccc([N+](=O)[O-])c1)NC(C)(C)C.I. The summed E-state index contributed by atoms with van der Waals surface area (Å²) >= 11 is 0. The van der Waals surface area contributed by atoms with Crippen LogP contribution in [0.2, 0.25) is 0 Å². The van der Waals surface area contributed by atoms with Gasteiger partial charge in [0, 0.05) is 37.8 Å². The van der Waals surface area contributed by atoms with Crippen molar-refractivity contribution in [2.24, 2.45) is 4.99 Å². The summed E-state index contributed by atoms with van der Waals surface area (Å²) in [4.78, 5) is 14.0. The summed E-state index contributed by atoms with van der Waals surface area (Å²) in [5.74, 6) is 0.553. The van der Waals surface area contributed by atoms with Crippen molar-refractivity contribution in [3.8, 4) is 0 Å². The molecule has 0 radical (unpaired) electrons. The van der Waals surface area contributed by atoms with E-state index in [9.17, 15) is 18.5 Å². The third-order valence-electron chi connectivity index (χ3n) is 2.77. The highest BCUT2D eigenvalue weighted by Crippen LogP contribution is 2.16. The second kappa shape index (κ2) is 9.87. The van der Waals surface area contributed by atoms with Crippen LogP contribution in [-0.4, -0.2) is 45.0 Å². The standard InChI is InChI=1S/C14H23N5O4S.HI/c1-14(2,3)18-13(15-4)16-8-9-17-24(22,23)12-7-5-6-11(10-12)19(20)21;/h5-7,10,17H,8-9H2,1-4H3,(H2,15,16,18);1H. The molecule has 0 spiro atoms. The molecular weight excluding hydrogens is 461 g/mol. The summed E-state index contributed by atoms with van der Waals surface area (Å²) in [5, 5.41) is 16.8. The van der Waals surface area contributed by atoms with E-state index in [1.165, 1.54) is 18.2 Å². The zero-order valence-corrected chi connectivity index (χ0v) is 17.7. The highest BCUT2D eigenvalue weighted by atomic mass is 127. The first-order valence-electron chi connectivity index (χ1n) is 7.28. The largest absolute Gasteiger partial charge is 0.355 e. The van der Waals surface area contributed by atoms with E-state index in [-0.39, 0.29) is 46.6 Å². The molecule has 0 saturated carbocycles. The van der Waals surface area contributed by atoms with Gasteiger partial charge < -0.3 is 10.6 Å². The monoisotopic (exact) mass is 485 g/mol. The lowest BCUT2D eigenvalue weighted by Crippen LogP contribution is -2.49. The first-order chi connectivity index (χ1) is 11.0. The van der Waals surface area contributed by atoms with E-state index in [1.54, 1.807) is 7.05 Å². The maximum atomic E-state index is 12.1. The fraction of sp³-hybridized carbons (Fsp3) is 0.500. The van der Waals surface area contributed by atoms with E-state index in [4.69, 9.17) is 0 Å². The normalized spacial score (nSPS) is 12.2. The van der Waals surface area contributed by atoms with E-state index in [2.05, 4.69) is 20.3 Å². The molecule has 0 aliphatic rings. The second-order valence-electron chi connectivity index (χ2n) is 6.03. The molecule has 1 rings (SSSR count). The van der Waals surface area contributed by atoms with Gasteiger partial charge in [0.05, 0.1) is 9.82 Å². The van der Waals surface area contributed by atoms with Crippen LogP contribution < -0.4 is 15.4 Å². The number of nitro groups is 1. The van der Waals surface area contributed by atoms with E-state index >= 15 is 0 Å². The zero-order chi connectivity index (χ0) is 18.4. The Bertz CT molecular complexity index is 716. The topological polar surface area (TPSA) is 126 Å². The van der Waals surface area contributed by atoms with Gasteiger partial charge in [0.1, 0.15) is 0 Å². The van der Waals surface area contributed by atoms with Crippen LogP contribution in [0, 0.1) is 10.1 Å². The summed E-state index contributed by atoms with van der Waals surface area (Å²) < 4.78 is 26.7. The number of aliphatic imine (C=N–C) groups is 1. The number of hydrogen-bond acceptors (Lipinski definition) is 5. The fourth-order valence-electron chi connectivity index (χ4n) is 1.75. The van der Waals surface area contributed by atoms with Gasteiger partial charge in [-0.3, -0.25) is 15.1 Å². The number of nitro benzene ring substituents is 1. The molecule has 0 aliphatic carbocycles. The average Bonchev–Trinajstić information content (AvgIpc) is 2.49. The Labute approximate surface area is 164 Å². The first-order valence-corrected chi connectivity index (χ1v) is 8.76. The van der Waals surface area contributed by atoms with Gasteiger partial charge in [-0.1, -0.05) is 6.07 Å². The Hall–Kier alpha value is -1.47. The average molecular weight is 485 g/mol. The number of non-ortho nitro benzene ring substituents is 1. The number of sulfonamides is 1. The molecule has 0 fully saturated rings. The molecule has 11 heteroatoms. The Kier molecular flexibility index (Phi) is 9.29. The number of benzene rings is 1. The van der Waals surface area contributed by atoms with Crippen molar-refractivity contribution in [2.45, 2.75) is 31.2 Å². The van der Waals surface area contributed by atoms with Gasteiger partial charge in [0.15, 0.2) is 5.96 Å². The molecule has 0 atom stereocenters. The minimum absolute atomic E-state index is 0. The van der Waals surface area contributed by atoms with Crippen molar-refractivity contribution in [3.63, 3.8) is 0 Å². The summed E-state index contributed by atoms with van der Waals surface area (Å²) in [5.41, 5.74) is -0.449. The minimum atomic E-state index is -3.81. The maximum Gasteiger partial charge on any atom is 0.270 e. The van der Waals surface area contributed by atoms with Gasteiger partial charge in [0.2, 0.25) is 10.0 Å². The molecule has 1 aromatic rings. The van der Waals surface area contributed by atoms with Crippen molar-refractivity contribution in [1.82, 2.24) is 15.4 Å². The lowest BCUT2D eigenvalue weighted by molar-refractivity contribution is -0.385. The van der Waals surface area contributed by atoms with Gasteiger partial charge >= 0.3 is 0 Å². The third-order valence-corrected chi connectivity index (χ3v) is 4.22. The predicted molar refractivity (Wildman–Crippen MR) is 108 cm³/mol. The van der Waals surface area contributed by atoms with E-state index in [1.807, 2.05) is 20.8 Å². The lowest BCUT2D eigenvalue weighted by atomic mass is 10.1. The molecular formula is C14H24IN5O4S. The smallest absolute Gasteiger partial charge is 0.270 e. The van der Waals surface area contributed by atoms with E-state index in [0.29, 0.717) is 12.5 Å². The lowest BCUT2D eigenvalue weighted by Gasteiger charge is -2.23. The molecule has 0 heterocycles. The second-order valence-corrected chi connectivity index (χ2v) is 7.79. The van der Waals surface area contributed by atoms with Gasteiger partial charge in [-0.05, 0) is 26.8 Å². The first kappa shape index (κ1) is 23.5. The highest BCUT2D eigenvalue weighted by molar-refractivity contribution is 14.0. The molecule has 25 heavy (non-hydrogen) atoms. The predicted octanol–water partition coefficient (Wildman–Crippen LogP) is 1.45. The molecule has 0 aromatic heterocycles. The highest BCUT2D eigenvalue weighted by Gasteiger charge is 2.17. The van der Waals surface area contributed by atoms with Crippen LogP contribution in [0.5, 0.6) is 0 Å². The van der Waals surface area contributed by atoms with Crippen molar-refractivity contribution < 1.29 is 13.3 Å². The van der Waals surface area contributed by atoms with Crippen LogP contribution in [0.1, 0.15) is 20.8 Å². The summed E-state index contributed by atoms with van der Waals surface area (Å²) in [6.45, 7) is 6.35. The number of nitrogens with one attached hydrogen (secondary N) is 3. The summed E-state index contributed by atoms with van der Waals surface area (Å²) in [6, 6.07) is 4.90. The minimum Gasteiger partial charge on any atom is -0.355 e. The van der Waals surface area contributed by atoms with Crippen LogP contribution in [0.25, 0.3) is 0 Å². The molecule has 0 unspecified atom stereocenters. The van der Waals surface area contributed by atoms with E-state index < -0.39 is 14.9 Å².